The van der Waals surface area contributed by atoms with Crippen molar-refractivity contribution in [3.8, 4) is 16.9 Å². The fraction of sp³-hybridized carbons (Fsp3) is 0.0625. The molecular formula is C16H13ClN8. The van der Waals surface area contributed by atoms with Crippen LogP contribution in [-0.2, 0) is 0 Å². The van der Waals surface area contributed by atoms with Crippen LogP contribution in [0.2, 0.25) is 5.02 Å². The summed E-state index contributed by atoms with van der Waals surface area (Å²) in [4.78, 5) is 12.8. The number of nitrogens with one attached hydrogen (secondary N) is 2. The lowest BCUT2D eigenvalue weighted by Crippen LogP contribution is -1.99. The van der Waals surface area contributed by atoms with E-state index in [4.69, 9.17) is 11.6 Å². The zero-order valence-corrected chi connectivity index (χ0v) is 13.9. The lowest BCUT2D eigenvalue weighted by molar-refractivity contribution is 0.863. The molecule has 0 amide bonds. The van der Waals surface area contributed by atoms with E-state index in [2.05, 4.69) is 35.6 Å². The van der Waals surface area contributed by atoms with Crippen molar-refractivity contribution >= 4 is 23.2 Å². The number of rotatable bonds is 4. The maximum Gasteiger partial charge on any atom is 0.227 e. The number of hydrogen-bond donors (Lipinski definition) is 2. The summed E-state index contributed by atoms with van der Waals surface area (Å²) in [5.74, 6) is 1.17. The largest absolute Gasteiger partial charge is 0.324 e. The molecule has 0 aliphatic heterocycles. The molecule has 1 aromatic carbocycles. The number of aromatic nitrogens is 7. The van der Waals surface area contributed by atoms with Gasteiger partial charge in [0.2, 0.25) is 5.95 Å². The van der Waals surface area contributed by atoms with Gasteiger partial charge in [0.15, 0.2) is 0 Å². The molecule has 0 atom stereocenters. The summed E-state index contributed by atoms with van der Waals surface area (Å²) >= 11 is 6.17. The third-order valence-electron chi connectivity index (χ3n) is 3.51. The molecule has 8 nitrogen and oxygen atoms in total. The van der Waals surface area contributed by atoms with Crippen molar-refractivity contribution in [2.24, 2.45) is 0 Å². The Hall–Kier alpha value is -3.26. The van der Waals surface area contributed by atoms with Crippen molar-refractivity contribution in [1.29, 1.82) is 0 Å². The monoisotopic (exact) mass is 352 g/mol. The molecule has 0 spiro atoms. The average Bonchev–Trinajstić information content (AvgIpc) is 3.29. The van der Waals surface area contributed by atoms with Crippen molar-refractivity contribution in [1.82, 2.24) is 34.9 Å². The van der Waals surface area contributed by atoms with Crippen LogP contribution in [0.4, 0.5) is 11.6 Å². The SMILES string of the molecule is Cc1ncn(-c2ccc(Nc3ncc(Cl)c(-c4cn[nH]c4)n3)cc2)n1. The van der Waals surface area contributed by atoms with Gasteiger partial charge in [-0.25, -0.2) is 19.6 Å². The van der Waals surface area contributed by atoms with Crippen molar-refractivity contribution < 1.29 is 0 Å². The first-order valence-electron chi connectivity index (χ1n) is 7.46. The summed E-state index contributed by atoms with van der Waals surface area (Å²) in [7, 11) is 0. The van der Waals surface area contributed by atoms with Crippen LogP contribution in [-0.4, -0.2) is 34.9 Å². The zero-order valence-electron chi connectivity index (χ0n) is 13.2. The minimum absolute atomic E-state index is 0.449. The second-order valence-corrected chi connectivity index (χ2v) is 5.69. The highest BCUT2D eigenvalue weighted by atomic mass is 35.5. The minimum atomic E-state index is 0.449. The topological polar surface area (TPSA) is 97.2 Å². The van der Waals surface area contributed by atoms with Crippen molar-refractivity contribution in [3.63, 3.8) is 0 Å². The fourth-order valence-corrected chi connectivity index (χ4v) is 2.51. The van der Waals surface area contributed by atoms with E-state index in [1.54, 1.807) is 29.6 Å². The third-order valence-corrected chi connectivity index (χ3v) is 3.79. The van der Waals surface area contributed by atoms with E-state index < -0.39 is 0 Å². The van der Waals surface area contributed by atoms with Gasteiger partial charge in [-0.05, 0) is 31.2 Å². The number of H-pyrrole nitrogens is 1. The van der Waals surface area contributed by atoms with Gasteiger partial charge in [0, 0.05) is 17.4 Å². The first kappa shape index (κ1) is 15.3. The molecule has 25 heavy (non-hydrogen) atoms. The molecule has 4 aromatic rings. The van der Waals surface area contributed by atoms with Crippen LogP contribution >= 0.6 is 11.6 Å². The molecule has 4 rings (SSSR count). The predicted octanol–water partition coefficient (Wildman–Crippen LogP) is 3.15. The summed E-state index contributed by atoms with van der Waals surface area (Å²) in [6.45, 7) is 1.85. The van der Waals surface area contributed by atoms with Gasteiger partial charge >= 0.3 is 0 Å². The molecule has 9 heteroatoms. The van der Waals surface area contributed by atoms with Crippen molar-refractivity contribution in [2.45, 2.75) is 6.92 Å². The lowest BCUT2D eigenvalue weighted by atomic mass is 10.2. The van der Waals surface area contributed by atoms with Gasteiger partial charge in [-0.2, -0.15) is 10.2 Å². The van der Waals surface area contributed by atoms with Crippen LogP contribution in [0.3, 0.4) is 0 Å². The van der Waals surface area contributed by atoms with Gasteiger partial charge in [-0.15, -0.1) is 0 Å². The Kier molecular flexibility index (Phi) is 3.87. The minimum Gasteiger partial charge on any atom is -0.324 e. The van der Waals surface area contributed by atoms with E-state index in [9.17, 15) is 0 Å². The number of benzene rings is 1. The molecule has 124 valence electrons. The molecular weight excluding hydrogens is 340 g/mol. The van der Waals surface area contributed by atoms with Gasteiger partial charge in [-0.1, -0.05) is 11.6 Å². The summed E-state index contributed by atoms with van der Waals surface area (Å²) in [5.41, 5.74) is 3.18. The molecule has 0 radical (unpaired) electrons. The van der Waals surface area contributed by atoms with Crippen LogP contribution in [0, 0.1) is 6.92 Å². The molecule has 0 aliphatic carbocycles. The number of nitrogens with zero attached hydrogens (tertiary/aromatic N) is 6. The summed E-state index contributed by atoms with van der Waals surface area (Å²) in [5, 5.41) is 14.6. The molecule has 2 N–H and O–H groups in total. The highest BCUT2D eigenvalue weighted by Gasteiger charge is 2.09. The van der Waals surface area contributed by atoms with Crippen LogP contribution in [0.15, 0.2) is 49.2 Å². The average molecular weight is 353 g/mol. The number of aryl methyl sites for hydroxylation is 1. The maximum atomic E-state index is 6.17. The summed E-state index contributed by atoms with van der Waals surface area (Å²) in [6, 6.07) is 7.70. The quantitative estimate of drug-likeness (QED) is 0.585. The van der Waals surface area contributed by atoms with Crippen LogP contribution in [0.5, 0.6) is 0 Å². The highest BCUT2D eigenvalue weighted by Crippen LogP contribution is 2.26. The van der Waals surface area contributed by atoms with Crippen molar-refractivity contribution in [2.75, 3.05) is 5.32 Å². The summed E-state index contributed by atoms with van der Waals surface area (Å²) in [6.07, 6.45) is 6.63. The zero-order chi connectivity index (χ0) is 17.2. The van der Waals surface area contributed by atoms with Crippen molar-refractivity contribution in [3.05, 3.63) is 60.0 Å². The van der Waals surface area contributed by atoms with Gasteiger partial charge in [0.1, 0.15) is 12.2 Å². The molecule has 0 bridgehead atoms. The van der Waals surface area contributed by atoms with E-state index >= 15 is 0 Å². The predicted molar refractivity (Wildman–Crippen MR) is 94.0 cm³/mol. The molecule has 0 saturated heterocycles. The van der Waals surface area contributed by atoms with E-state index in [1.807, 2.05) is 31.2 Å². The number of halogens is 1. The number of anilines is 2. The van der Waals surface area contributed by atoms with Gasteiger partial charge in [-0.3, -0.25) is 5.10 Å². The molecule has 0 fully saturated rings. The van der Waals surface area contributed by atoms with Gasteiger partial charge in [0.05, 0.1) is 28.8 Å². The van der Waals surface area contributed by atoms with Gasteiger partial charge < -0.3 is 5.32 Å². The second kappa shape index (κ2) is 6.33. The normalized spacial score (nSPS) is 10.8. The Morgan fingerprint density at radius 2 is 1.96 bits per heavy atom. The first-order chi connectivity index (χ1) is 12.2. The maximum absolute atomic E-state index is 6.17. The van der Waals surface area contributed by atoms with Crippen LogP contribution < -0.4 is 5.32 Å². The Morgan fingerprint density at radius 1 is 1.12 bits per heavy atom. The smallest absolute Gasteiger partial charge is 0.227 e. The Morgan fingerprint density at radius 3 is 2.64 bits per heavy atom. The molecule has 3 heterocycles. The molecule has 0 unspecified atom stereocenters. The molecule has 3 aromatic heterocycles. The fourth-order valence-electron chi connectivity index (χ4n) is 2.31. The van der Waals surface area contributed by atoms with Gasteiger partial charge in [0.25, 0.3) is 0 Å². The first-order valence-corrected chi connectivity index (χ1v) is 7.84. The lowest BCUT2D eigenvalue weighted by Gasteiger charge is -2.08. The van der Waals surface area contributed by atoms with Crippen LogP contribution in [0.1, 0.15) is 5.82 Å². The van der Waals surface area contributed by atoms with E-state index in [0.717, 1.165) is 22.8 Å². The van der Waals surface area contributed by atoms with E-state index in [-0.39, 0.29) is 0 Å². The van der Waals surface area contributed by atoms with Crippen LogP contribution in [0.25, 0.3) is 16.9 Å². The summed E-state index contributed by atoms with van der Waals surface area (Å²) < 4.78 is 1.72. The number of aromatic amines is 1. The standard InChI is InChI=1S/C16H13ClN8/c1-10-19-9-25(24-10)13-4-2-12(3-5-13)22-16-18-8-14(17)15(23-16)11-6-20-21-7-11/h2-9H,1H3,(H,20,21)(H,18,22,23). The Balaban J connectivity index is 1.57. The molecule has 0 aliphatic rings. The molecule has 0 saturated carbocycles. The highest BCUT2D eigenvalue weighted by molar-refractivity contribution is 6.32. The van der Waals surface area contributed by atoms with E-state index in [1.165, 1.54) is 0 Å². The van der Waals surface area contributed by atoms with E-state index in [0.29, 0.717) is 16.7 Å². The third kappa shape index (κ3) is 3.20. The Bertz CT molecular complexity index is 991. The number of hydrogen-bond acceptors (Lipinski definition) is 6. The Labute approximate surface area is 147 Å². The second-order valence-electron chi connectivity index (χ2n) is 5.29.